The molecule has 1 atom stereocenters. The Bertz CT molecular complexity index is 427. The quantitative estimate of drug-likeness (QED) is 0.687. The number of hydrogen-bond donors (Lipinski definition) is 0. The van der Waals surface area contributed by atoms with E-state index in [2.05, 4.69) is 0 Å². The Morgan fingerprint density at radius 1 is 1.29 bits per heavy atom. The molecule has 1 aromatic rings. The fourth-order valence-electron chi connectivity index (χ4n) is 2.24. The number of benzene rings is 1. The second-order valence-corrected chi connectivity index (χ2v) is 4.18. The standard InChI is InChI=1S/C12H12F4O/c1-17-9-4-5-10-8(7-9)3-2-6-11(10,13)12(14,15)16/h4-5,7H,2-3,6H2,1H3. The molecule has 1 unspecified atom stereocenters. The molecule has 0 aliphatic heterocycles. The number of aryl methyl sites for hydroxylation is 1. The molecule has 0 saturated carbocycles. The minimum atomic E-state index is -4.86. The molecule has 5 heteroatoms. The topological polar surface area (TPSA) is 9.23 Å². The molecular weight excluding hydrogens is 236 g/mol. The summed E-state index contributed by atoms with van der Waals surface area (Å²) >= 11 is 0. The molecule has 1 aliphatic carbocycles. The summed E-state index contributed by atoms with van der Waals surface area (Å²) in [7, 11) is 1.43. The van der Waals surface area contributed by atoms with Gasteiger partial charge in [0, 0.05) is 5.56 Å². The molecule has 0 saturated heterocycles. The van der Waals surface area contributed by atoms with E-state index in [9.17, 15) is 17.6 Å². The van der Waals surface area contributed by atoms with Gasteiger partial charge in [-0.1, -0.05) is 6.07 Å². The molecule has 0 fully saturated rings. The van der Waals surface area contributed by atoms with Crippen LogP contribution in [0.25, 0.3) is 0 Å². The summed E-state index contributed by atoms with van der Waals surface area (Å²) in [5, 5.41) is 0. The van der Waals surface area contributed by atoms with E-state index in [0.29, 0.717) is 17.7 Å². The molecule has 0 aromatic heterocycles. The Labute approximate surface area is 96.4 Å². The first kappa shape index (κ1) is 12.2. The van der Waals surface area contributed by atoms with Crippen molar-refractivity contribution < 1.29 is 22.3 Å². The van der Waals surface area contributed by atoms with Crippen molar-refractivity contribution in [3.8, 4) is 5.75 Å². The molecule has 0 amide bonds. The van der Waals surface area contributed by atoms with Crippen molar-refractivity contribution in [1.29, 1.82) is 0 Å². The normalized spacial score (nSPS) is 24.3. The van der Waals surface area contributed by atoms with Crippen LogP contribution in [0.1, 0.15) is 24.0 Å². The van der Waals surface area contributed by atoms with Gasteiger partial charge in [-0.3, -0.25) is 0 Å². The molecule has 0 heterocycles. The molecule has 0 radical (unpaired) electrons. The summed E-state index contributed by atoms with van der Waals surface area (Å²) in [6.07, 6.45) is -4.73. The van der Waals surface area contributed by atoms with Crippen LogP contribution in [0.2, 0.25) is 0 Å². The summed E-state index contributed by atoms with van der Waals surface area (Å²) in [5.74, 6) is 0.454. The van der Waals surface area contributed by atoms with E-state index in [4.69, 9.17) is 4.74 Å². The van der Waals surface area contributed by atoms with Crippen molar-refractivity contribution in [2.24, 2.45) is 0 Å². The lowest BCUT2D eigenvalue weighted by Gasteiger charge is -2.33. The van der Waals surface area contributed by atoms with E-state index in [1.807, 2.05) is 0 Å². The monoisotopic (exact) mass is 248 g/mol. The van der Waals surface area contributed by atoms with Crippen molar-refractivity contribution in [3.63, 3.8) is 0 Å². The average molecular weight is 248 g/mol. The van der Waals surface area contributed by atoms with Gasteiger partial charge in [-0.2, -0.15) is 13.2 Å². The van der Waals surface area contributed by atoms with Gasteiger partial charge in [-0.25, -0.2) is 4.39 Å². The van der Waals surface area contributed by atoms with Crippen LogP contribution in [0.5, 0.6) is 5.75 Å². The van der Waals surface area contributed by atoms with Gasteiger partial charge < -0.3 is 4.74 Å². The van der Waals surface area contributed by atoms with Crippen LogP contribution in [-0.2, 0) is 12.1 Å². The molecular formula is C12H12F4O. The summed E-state index contributed by atoms with van der Waals surface area (Å²) in [4.78, 5) is 0. The minimum Gasteiger partial charge on any atom is -0.497 e. The van der Waals surface area contributed by atoms with Gasteiger partial charge in [0.2, 0.25) is 5.67 Å². The Hall–Kier alpha value is -1.26. The van der Waals surface area contributed by atoms with Crippen molar-refractivity contribution >= 4 is 0 Å². The van der Waals surface area contributed by atoms with Gasteiger partial charge in [-0.15, -0.1) is 0 Å². The molecule has 0 spiro atoms. The maximum atomic E-state index is 14.1. The molecule has 17 heavy (non-hydrogen) atoms. The Morgan fingerprint density at radius 3 is 2.59 bits per heavy atom. The van der Waals surface area contributed by atoms with Gasteiger partial charge in [0.15, 0.2) is 0 Å². The van der Waals surface area contributed by atoms with Gasteiger partial charge in [0.1, 0.15) is 5.75 Å². The Kier molecular flexibility index (Phi) is 2.79. The predicted molar refractivity (Wildman–Crippen MR) is 54.8 cm³/mol. The Balaban J connectivity index is 2.52. The number of ether oxygens (including phenoxy) is 1. The van der Waals surface area contributed by atoms with E-state index in [1.54, 1.807) is 0 Å². The third-order valence-corrected chi connectivity index (χ3v) is 3.16. The highest BCUT2D eigenvalue weighted by Crippen LogP contribution is 2.50. The van der Waals surface area contributed by atoms with Gasteiger partial charge in [0.25, 0.3) is 0 Å². The second kappa shape index (κ2) is 3.89. The van der Waals surface area contributed by atoms with Crippen molar-refractivity contribution in [3.05, 3.63) is 29.3 Å². The largest absolute Gasteiger partial charge is 0.497 e. The number of fused-ring (bicyclic) bond motifs is 1. The third-order valence-electron chi connectivity index (χ3n) is 3.16. The molecule has 2 rings (SSSR count). The van der Waals surface area contributed by atoms with Crippen LogP contribution in [0.3, 0.4) is 0 Å². The highest BCUT2D eigenvalue weighted by molar-refractivity contribution is 5.41. The third kappa shape index (κ3) is 1.87. The minimum absolute atomic E-state index is 0.191. The highest BCUT2D eigenvalue weighted by Gasteiger charge is 2.58. The predicted octanol–water partition coefficient (Wildman–Crippen LogP) is 3.76. The van der Waals surface area contributed by atoms with E-state index in [1.165, 1.54) is 25.3 Å². The van der Waals surface area contributed by atoms with Crippen LogP contribution in [-0.4, -0.2) is 13.3 Å². The number of methoxy groups -OCH3 is 1. The van der Waals surface area contributed by atoms with Crippen LogP contribution >= 0.6 is 0 Å². The SMILES string of the molecule is COc1ccc2c(c1)CCCC2(F)C(F)(F)F. The number of hydrogen-bond acceptors (Lipinski definition) is 1. The second-order valence-electron chi connectivity index (χ2n) is 4.18. The summed E-state index contributed by atoms with van der Waals surface area (Å²) < 4.78 is 57.4. The summed E-state index contributed by atoms with van der Waals surface area (Å²) in [6, 6.07) is 4.03. The van der Waals surface area contributed by atoms with E-state index < -0.39 is 18.3 Å². The smallest absolute Gasteiger partial charge is 0.426 e. The van der Waals surface area contributed by atoms with Gasteiger partial charge in [-0.05, 0) is 37.0 Å². The van der Waals surface area contributed by atoms with Gasteiger partial charge >= 0.3 is 6.18 Å². The molecule has 1 aromatic carbocycles. The summed E-state index contributed by atoms with van der Waals surface area (Å²) in [5.41, 5.74) is -3.10. The number of rotatable bonds is 1. The van der Waals surface area contributed by atoms with Crippen LogP contribution in [0, 0.1) is 0 Å². The van der Waals surface area contributed by atoms with Crippen LogP contribution in [0.4, 0.5) is 17.6 Å². The lowest BCUT2D eigenvalue weighted by Crippen LogP contribution is -2.41. The van der Waals surface area contributed by atoms with E-state index in [0.717, 1.165) is 0 Å². The first-order valence-corrected chi connectivity index (χ1v) is 5.31. The molecule has 1 nitrogen and oxygen atoms in total. The first-order valence-electron chi connectivity index (χ1n) is 5.31. The van der Waals surface area contributed by atoms with Crippen molar-refractivity contribution in [2.75, 3.05) is 7.11 Å². The fraction of sp³-hybridized carbons (Fsp3) is 0.500. The zero-order valence-electron chi connectivity index (χ0n) is 9.27. The van der Waals surface area contributed by atoms with Crippen molar-refractivity contribution in [2.45, 2.75) is 31.1 Å². The lowest BCUT2D eigenvalue weighted by molar-refractivity contribution is -0.240. The molecule has 1 aliphatic rings. The van der Waals surface area contributed by atoms with E-state index >= 15 is 0 Å². The van der Waals surface area contributed by atoms with Gasteiger partial charge in [0.05, 0.1) is 7.11 Å². The number of halogens is 4. The first-order chi connectivity index (χ1) is 7.88. The zero-order chi connectivity index (χ0) is 12.7. The van der Waals surface area contributed by atoms with Crippen LogP contribution < -0.4 is 4.74 Å². The lowest BCUT2D eigenvalue weighted by atomic mass is 9.80. The zero-order valence-corrected chi connectivity index (χ0v) is 9.27. The van der Waals surface area contributed by atoms with E-state index in [-0.39, 0.29) is 12.0 Å². The van der Waals surface area contributed by atoms with Crippen molar-refractivity contribution in [1.82, 2.24) is 0 Å². The fourth-order valence-corrected chi connectivity index (χ4v) is 2.24. The Morgan fingerprint density at radius 2 is 2.00 bits per heavy atom. The highest BCUT2D eigenvalue weighted by atomic mass is 19.4. The molecule has 0 N–H and O–H groups in total. The van der Waals surface area contributed by atoms with Crippen LogP contribution in [0.15, 0.2) is 18.2 Å². The summed E-state index contributed by atoms with van der Waals surface area (Å²) in [6.45, 7) is 0. The molecule has 0 bridgehead atoms. The maximum absolute atomic E-state index is 14.1. The maximum Gasteiger partial charge on any atom is 0.426 e. The molecule has 94 valence electrons. The average Bonchev–Trinajstić information content (AvgIpc) is 2.27. The number of alkyl halides is 4.